The van der Waals surface area contributed by atoms with E-state index in [1.54, 1.807) is 24.5 Å². The van der Waals surface area contributed by atoms with Gasteiger partial charge in [-0.1, -0.05) is 104 Å². The van der Waals surface area contributed by atoms with Crippen molar-refractivity contribution in [2.75, 3.05) is 13.2 Å². The second-order valence-electron chi connectivity index (χ2n) is 9.53. The van der Waals surface area contributed by atoms with Crippen molar-refractivity contribution in [1.82, 2.24) is 9.97 Å². The van der Waals surface area contributed by atoms with Gasteiger partial charge in [-0.15, -0.1) is 0 Å². The van der Waals surface area contributed by atoms with Gasteiger partial charge in [0.25, 0.3) is 0 Å². The highest BCUT2D eigenvalue weighted by molar-refractivity contribution is 5.57. The highest BCUT2D eigenvalue weighted by Gasteiger charge is 2.10. The number of rotatable bonds is 21. The van der Waals surface area contributed by atoms with E-state index in [4.69, 9.17) is 9.47 Å². The van der Waals surface area contributed by atoms with Crippen LogP contribution in [-0.2, 0) is 0 Å². The number of nitrogens with zero attached hydrogens (tertiary/aromatic N) is 2. The molecule has 0 atom stereocenters. The lowest BCUT2D eigenvalue weighted by Gasteiger charge is -2.09. The lowest BCUT2D eigenvalue weighted by molar-refractivity contribution is 0.302. The summed E-state index contributed by atoms with van der Waals surface area (Å²) in [6.07, 6.45) is 23.4. The molecule has 0 spiro atoms. The molecule has 0 radical (unpaired) electrons. The Hall–Kier alpha value is -2.17. The third kappa shape index (κ3) is 12.9. The first kappa shape index (κ1) is 29.1. The van der Waals surface area contributed by atoms with Crippen molar-refractivity contribution in [3.63, 3.8) is 0 Å². The summed E-state index contributed by atoms with van der Waals surface area (Å²) in [7, 11) is 0. The zero-order valence-corrected chi connectivity index (χ0v) is 22.2. The van der Waals surface area contributed by atoms with E-state index in [0.717, 1.165) is 19.3 Å². The minimum Gasteiger partial charge on any atom is -0.493 e. The molecule has 0 unspecified atom stereocenters. The van der Waals surface area contributed by atoms with Crippen LogP contribution in [0.15, 0.2) is 30.6 Å². The molecule has 1 heterocycles. The maximum absolute atomic E-state index is 14.6. The van der Waals surface area contributed by atoms with Gasteiger partial charge in [-0.25, -0.2) is 14.4 Å². The number of unbranched alkanes of at least 4 members (excludes halogenated alkanes) is 14. The third-order valence-electron chi connectivity index (χ3n) is 6.34. The fraction of sp³-hybridized carbons (Fsp3) is 0.667. The lowest BCUT2D eigenvalue weighted by atomic mass is 10.1. The van der Waals surface area contributed by atoms with Gasteiger partial charge in [-0.05, 0) is 25.0 Å². The van der Waals surface area contributed by atoms with Crippen molar-refractivity contribution in [2.45, 2.75) is 117 Å². The number of halogens is 1. The second kappa shape index (κ2) is 19.1. The molecule has 35 heavy (non-hydrogen) atoms. The van der Waals surface area contributed by atoms with E-state index in [1.165, 1.54) is 89.5 Å². The highest BCUT2D eigenvalue weighted by Crippen LogP contribution is 2.24. The molecule has 196 valence electrons. The molecular formula is C30H47FN2O2. The summed E-state index contributed by atoms with van der Waals surface area (Å²) in [5, 5.41) is 0. The Kier molecular flexibility index (Phi) is 15.8. The molecule has 1 aromatic heterocycles. The zero-order chi connectivity index (χ0) is 25.0. The SMILES string of the molecule is CCCCCCCCCCCCOc1cnc(-c2ccc(OCCCCCCCC)cc2F)nc1. The molecule has 0 aliphatic rings. The Bertz CT molecular complexity index is 782. The Balaban J connectivity index is 1.62. The molecule has 0 N–H and O–H groups in total. The summed E-state index contributed by atoms with van der Waals surface area (Å²) in [4.78, 5) is 8.61. The van der Waals surface area contributed by atoms with Crippen LogP contribution in [0.25, 0.3) is 11.4 Å². The van der Waals surface area contributed by atoms with Crippen molar-refractivity contribution in [3.05, 3.63) is 36.4 Å². The topological polar surface area (TPSA) is 44.2 Å². The van der Waals surface area contributed by atoms with E-state index >= 15 is 0 Å². The summed E-state index contributed by atoms with van der Waals surface area (Å²) in [5.41, 5.74) is 0.373. The Morgan fingerprint density at radius 2 is 1.06 bits per heavy atom. The number of hydrogen-bond donors (Lipinski definition) is 0. The maximum Gasteiger partial charge on any atom is 0.162 e. The van der Waals surface area contributed by atoms with Crippen LogP contribution in [0.1, 0.15) is 117 Å². The second-order valence-corrected chi connectivity index (χ2v) is 9.53. The number of benzene rings is 1. The Labute approximate surface area is 213 Å². The van der Waals surface area contributed by atoms with E-state index < -0.39 is 0 Å². The summed E-state index contributed by atoms with van der Waals surface area (Å²) < 4.78 is 26.1. The van der Waals surface area contributed by atoms with Crippen LogP contribution in [0.5, 0.6) is 11.5 Å². The van der Waals surface area contributed by atoms with Gasteiger partial charge in [0.05, 0.1) is 31.2 Å². The van der Waals surface area contributed by atoms with Gasteiger partial charge in [0, 0.05) is 6.07 Å². The predicted octanol–water partition coefficient (Wildman–Crippen LogP) is 9.32. The Morgan fingerprint density at radius 3 is 1.54 bits per heavy atom. The van der Waals surface area contributed by atoms with Crippen molar-refractivity contribution in [2.24, 2.45) is 0 Å². The van der Waals surface area contributed by atoms with Crippen molar-refractivity contribution in [1.29, 1.82) is 0 Å². The number of aromatic nitrogens is 2. The summed E-state index contributed by atoms with van der Waals surface area (Å²) in [6.45, 7) is 5.76. The molecule has 0 bridgehead atoms. The van der Waals surface area contributed by atoms with Gasteiger partial charge in [-0.2, -0.15) is 0 Å². The minimum absolute atomic E-state index is 0.358. The lowest BCUT2D eigenvalue weighted by Crippen LogP contribution is -2.00. The summed E-state index contributed by atoms with van der Waals surface area (Å²) >= 11 is 0. The van der Waals surface area contributed by atoms with Crippen LogP contribution in [0.2, 0.25) is 0 Å². The average Bonchev–Trinajstić information content (AvgIpc) is 2.87. The highest BCUT2D eigenvalue weighted by atomic mass is 19.1. The van der Waals surface area contributed by atoms with E-state index in [0.29, 0.717) is 36.1 Å². The van der Waals surface area contributed by atoms with Crippen LogP contribution in [-0.4, -0.2) is 23.2 Å². The average molecular weight is 487 g/mol. The molecule has 2 rings (SSSR count). The van der Waals surface area contributed by atoms with Crippen molar-refractivity contribution in [3.8, 4) is 22.9 Å². The third-order valence-corrected chi connectivity index (χ3v) is 6.34. The zero-order valence-electron chi connectivity index (χ0n) is 22.2. The molecule has 0 saturated heterocycles. The van der Waals surface area contributed by atoms with E-state index in [2.05, 4.69) is 23.8 Å². The van der Waals surface area contributed by atoms with Gasteiger partial charge in [0.15, 0.2) is 11.6 Å². The first-order valence-electron chi connectivity index (χ1n) is 14.1. The molecule has 1 aromatic carbocycles. The predicted molar refractivity (Wildman–Crippen MR) is 144 cm³/mol. The first-order chi connectivity index (χ1) is 17.2. The van der Waals surface area contributed by atoms with Gasteiger partial charge in [0.1, 0.15) is 11.6 Å². The molecule has 5 heteroatoms. The normalized spacial score (nSPS) is 11.1. The van der Waals surface area contributed by atoms with Gasteiger partial charge < -0.3 is 9.47 Å². The van der Waals surface area contributed by atoms with E-state index in [9.17, 15) is 4.39 Å². The van der Waals surface area contributed by atoms with Crippen LogP contribution in [0, 0.1) is 5.82 Å². The largest absolute Gasteiger partial charge is 0.493 e. The molecule has 2 aromatic rings. The smallest absolute Gasteiger partial charge is 0.162 e. The number of ether oxygens (including phenoxy) is 2. The van der Waals surface area contributed by atoms with E-state index in [-0.39, 0.29) is 5.82 Å². The fourth-order valence-corrected chi connectivity index (χ4v) is 4.15. The molecular weight excluding hydrogens is 439 g/mol. The quantitative estimate of drug-likeness (QED) is 0.165. The molecule has 0 amide bonds. The van der Waals surface area contributed by atoms with Crippen LogP contribution < -0.4 is 9.47 Å². The van der Waals surface area contributed by atoms with Gasteiger partial charge >= 0.3 is 0 Å². The van der Waals surface area contributed by atoms with E-state index in [1.807, 2.05) is 0 Å². The van der Waals surface area contributed by atoms with Crippen LogP contribution >= 0.6 is 0 Å². The van der Waals surface area contributed by atoms with Gasteiger partial charge in [0.2, 0.25) is 0 Å². The minimum atomic E-state index is -0.371. The van der Waals surface area contributed by atoms with Crippen LogP contribution in [0.4, 0.5) is 4.39 Å². The van der Waals surface area contributed by atoms with Crippen LogP contribution in [0.3, 0.4) is 0 Å². The van der Waals surface area contributed by atoms with Gasteiger partial charge in [-0.3, -0.25) is 0 Å². The summed E-state index contributed by atoms with van der Waals surface area (Å²) in [5.74, 6) is 1.17. The van der Waals surface area contributed by atoms with Crippen molar-refractivity contribution < 1.29 is 13.9 Å². The maximum atomic E-state index is 14.6. The molecule has 0 fully saturated rings. The molecule has 0 aliphatic carbocycles. The monoisotopic (exact) mass is 486 g/mol. The first-order valence-corrected chi connectivity index (χ1v) is 14.1. The summed E-state index contributed by atoms with van der Waals surface area (Å²) in [6, 6.07) is 4.89. The standard InChI is InChI=1S/C30H47FN2O2/c1-3-5-7-9-11-12-13-14-16-18-22-35-27-24-32-30(33-25-27)28-20-19-26(23-29(28)31)34-21-17-15-10-8-6-4-2/h19-20,23-25H,3-18,21-22H2,1-2H3. The van der Waals surface area contributed by atoms with Crippen molar-refractivity contribution >= 4 is 0 Å². The fourth-order valence-electron chi connectivity index (χ4n) is 4.15. The number of hydrogen-bond acceptors (Lipinski definition) is 4. The Morgan fingerprint density at radius 1 is 0.600 bits per heavy atom. The molecule has 0 aliphatic heterocycles. The molecule has 0 saturated carbocycles. The molecule has 4 nitrogen and oxygen atoms in total.